The first-order valence-electron chi connectivity index (χ1n) is 9.85. The van der Waals surface area contributed by atoms with E-state index in [0.717, 1.165) is 11.1 Å². The summed E-state index contributed by atoms with van der Waals surface area (Å²) in [7, 11) is 0. The van der Waals surface area contributed by atoms with Crippen molar-refractivity contribution >= 4 is 35.1 Å². The number of benzene rings is 2. The molecule has 3 rings (SSSR count). The lowest BCUT2D eigenvalue weighted by molar-refractivity contribution is -0.129. The van der Waals surface area contributed by atoms with Gasteiger partial charge >= 0.3 is 5.97 Å². The van der Waals surface area contributed by atoms with Gasteiger partial charge in [0.1, 0.15) is 10.7 Å². The number of esters is 1. The molecule has 0 aliphatic rings. The molecular weight excluding hydrogens is 437 g/mol. The van der Waals surface area contributed by atoms with Gasteiger partial charge in [0.25, 0.3) is 5.91 Å². The number of nitrogens with one attached hydrogen (secondary N) is 1. The van der Waals surface area contributed by atoms with Crippen LogP contribution in [0.25, 0.3) is 0 Å². The number of hydrogen-bond acceptors (Lipinski definition) is 4. The van der Waals surface area contributed by atoms with Gasteiger partial charge in [0.15, 0.2) is 6.10 Å². The molecule has 0 bridgehead atoms. The molecule has 3 aromatic rings. The summed E-state index contributed by atoms with van der Waals surface area (Å²) >= 11 is 12.6. The summed E-state index contributed by atoms with van der Waals surface area (Å²) in [6, 6.07) is 17.1. The van der Waals surface area contributed by atoms with Crippen LogP contribution in [0.3, 0.4) is 0 Å². The van der Waals surface area contributed by atoms with Crippen LogP contribution < -0.4 is 5.32 Å². The Balaban J connectivity index is 1.60. The number of amides is 1. The van der Waals surface area contributed by atoms with Crippen LogP contribution in [-0.4, -0.2) is 34.3 Å². The zero-order valence-electron chi connectivity index (χ0n) is 17.3. The number of halogens is 2. The highest BCUT2D eigenvalue weighted by Gasteiger charge is 2.25. The largest absolute Gasteiger partial charge is 0.449 e. The fraction of sp³-hybridized carbons (Fsp3) is 0.261. The van der Waals surface area contributed by atoms with Crippen LogP contribution in [0.2, 0.25) is 10.2 Å². The highest BCUT2D eigenvalue weighted by molar-refractivity contribution is 6.33. The highest BCUT2D eigenvalue weighted by Crippen LogP contribution is 2.24. The first-order chi connectivity index (χ1) is 14.9. The lowest BCUT2D eigenvalue weighted by atomic mass is 10.1. The summed E-state index contributed by atoms with van der Waals surface area (Å²) in [5.74, 6) is -1.07. The molecule has 0 saturated carbocycles. The molecule has 0 fully saturated rings. The van der Waals surface area contributed by atoms with Crippen LogP contribution in [0.1, 0.15) is 34.1 Å². The van der Waals surface area contributed by atoms with Crippen LogP contribution in [0, 0.1) is 6.92 Å². The van der Waals surface area contributed by atoms with Crippen molar-refractivity contribution in [2.75, 3.05) is 6.54 Å². The lowest BCUT2D eigenvalue weighted by Gasteiger charge is -2.13. The molecule has 1 heterocycles. The van der Waals surface area contributed by atoms with Gasteiger partial charge in [0.05, 0.1) is 12.2 Å². The highest BCUT2D eigenvalue weighted by atomic mass is 35.5. The van der Waals surface area contributed by atoms with Gasteiger partial charge in [-0.15, -0.1) is 0 Å². The van der Waals surface area contributed by atoms with E-state index in [9.17, 15) is 9.59 Å². The summed E-state index contributed by atoms with van der Waals surface area (Å²) in [5, 5.41) is 7.82. The first kappa shape index (κ1) is 22.8. The number of ether oxygens (including phenoxy) is 1. The Morgan fingerprint density at radius 2 is 1.77 bits per heavy atom. The molecule has 8 heteroatoms. The van der Waals surface area contributed by atoms with E-state index >= 15 is 0 Å². The molecule has 1 atom stereocenters. The second-order valence-electron chi connectivity index (χ2n) is 7.07. The number of rotatable bonds is 8. The van der Waals surface area contributed by atoms with E-state index < -0.39 is 12.1 Å². The smallest absolute Gasteiger partial charge is 0.343 e. The topological polar surface area (TPSA) is 73.2 Å². The van der Waals surface area contributed by atoms with Crippen LogP contribution >= 0.6 is 23.2 Å². The molecule has 1 amide bonds. The predicted molar refractivity (Wildman–Crippen MR) is 121 cm³/mol. The summed E-state index contributed by atoms with van der Waals surface area (Å²) in [5.41, 5.74) is 2.48. The normalized spacial score (nSPS) is 11.7. The number of aryl methyl sites for hydroxylation is 1. The Morgan fingerprint density at radius 1 is 1.10 bits per heavy atom. The minimum absolute atomic E-state index is 0.137. The molecule has 0 unspecified atom stereocenters. The minimum Gasteiger partial charge on any atom is -0.449 e. The van der Waals surface area contributed by atoms with Crippen LogP contribution in [0.15, 0.2) is 54.6 Å². The second-order valence-corrected chi connectivity index (χ2v) is 7.84. The fourth-order valence-electron chi connectivity index (χ4n) is 3.07. The Morgan fingerprint density at radius 3 is 2.48 bits per heavy atom. The third kappa shape index (κ3) is 5.87. The maximum atomic E-state index is 12.7. The minimum atomic E-state index is -0.967. The second kappa shape index (κ2) is 10.5. The van der Waals surface area contributed by atoms with E-state index in [4.69, 9.17) is 27.9 Å². The molecule has 0 saturated heterocycles. The summed E-state index contributed by atoms with van der Waals surface area (Å²) < 4.78 is 6.82. The van der Waals surface area contributed by atoms with Crippen molar-refractivity contribution < 1.29 is 14.3 Å². The number of nitrogens with zero attached hydrogens (tertiary/aromatic N) is 2. The van der Waals surface area contributed by atoms with Gasteiger partial charge in [-0.1, -0.05) is 71.7 Å². The monoisotopic (exact) mass is 459 g/mol. The Hall–Kier alpha value is -2.83. The summed E-state index contributed by atoms with van der Waals surface area (Å²) in [6.07, 6.45) is -0.279. The van der Waals surface area contributed by atoms with Crippen LogP contribution in [-0.2, 0) is 22.5 Å². The third-order valence-corrected chi connectivity index (χ3v) is 5.51. The summed E-state index contributed by atoms with van der Waals surface area (Å²) in [6.45, 7) is 3.94. The maximum Gasteiger partial charge on any atom is 0.343 e. The van der Waals surface area contributed by atoms with E-state index in [2.05, 4.69) is 10.4 Å². The van der Waals surface area contributed by atoms with Gasteiger partial charge in [-0.25, -0.2) is 9.48 Å². The van der Waals surface area contributed by atoms with Crippen molar-refractivity contribution in [1.82, 2.24) is 15.1 Å². The van der Waals surface area contributed by atoms with E-state index in [-0.39, 0.29) is 16.6 Å². The molecular formula is C23H23Cl2N3O3. The molecule has 0 radical (unpaired) electrons. The van der Waals surface area contributed by atoms with Crippen molar-refractivity contribution in [3.05, 3.63) is 87.2 Å². The predicted octanol–water partition coefficient (Wildman–Crippen LogP) is 4.45. The van der Waals surface area contributed by atoms with Crippen molar-refractivity contribution in [1.29, 1.82) is 0 Å². The summed E-state index contributed by atoms with van der Waals surface area (Å²) in [4.78, 5) is 25.0. The van der Waals surface area contributed by atoms with Crippen LogP contribution in [0.4, 0.5) is 0 Å². The molecule has 0 aliphatic heterocycles. The van der Waals surface area contributed by atoms with Crippen molar-refractivity contribution in [2.45, 2.75) is 32.9 Å². The van der Waals surface area contributed by atoms with E-state index in [1.807, 2.05) is 48.5 Å². The molecule has 31 heavy (non-hydrogen) atoms. The Bertz CT molecular complexity index is 1070. The van der Waals surface area contributed by atoms with Gasteiger partial charge in [0.2, 0.25) is 0 Å². The van der Waals surface area contributed by atoms with Crippen molar-refractivity contribution in [3.63, 3.8) is 0 Å². The molecule has 6 nitrogen and oxygen atoms in total. The van der Waals surface area contributed by atoms with E-state index in [1.54, 1.807) is 13.0 Å². The van der Waals surface area contributed by atoms with Gasteiger partial charge in [0, 0.05) is 11.6 Å². The number of hydrogen-bond donors (Lipinski definition) is 1. The lowest BCUT2D eigenvalue weighted by Crippen LogP contribution is -2.37. The molecule has 0 spiro atoms. The van der Waals surface area contributed by atoms with Gasteiger partial charge in [-0.3, -0.25) is 4.79 Å². The Labute approximate surface area is 191 Å². The third-order valence-electron chi connectivity index (χ3n) is 4.76. The average Bonchev–Trinajstić information content (AvgIpc) is 3.03. The standard InChI is InChI=1S/C23H23Cl2N3O3/c1-15-20(21(25)28(27-15)14-18-10-6-7-11-19(18)24)23(30)31-16(2)22(29)26-13-12-17-8-4-3-5-9-17/h3-11,16H,12-14H2,1-2H3,(H,26,29)/t16-/m1/s1. The maximum absolute atomic E-state index is 12.7. The Kier molecular flexibility index (Phi) is 7.71. The fourth-order valence-corrected chi connectivity index (χ4v) is 3.58. The number of carbonyl (C=O) groups excluding carboxylic acids is 2. The van der Waals surface area contributed by atoms with Crippen molar-refractivity contribution in [3.8, 4) is 0 Å². The van der Waals surface area contributed by atoms with Gasteiger partial charge in [-0.2, -0.15) is 5.10 Å². The van der Waals surface area contributed by atoms with Crippen LogP contribution in [0.5, 0.6) is 0 Å². The molecule has 162 valence electrons. The zero-order valence-corrected chi connectivity index (χ0v) is 18.8. The first-order valence-corrected chi connectivity index (χ1v) is 10.6. The number of carbonyl (C=O) groups is 2. The SMILES string of the molecule is Cc1nn(Cc2ccccc2Cl)c(Cl)c1C(=O)O[C@H](C)C(=O)NCCc1ccccc1. The molecule has 1 aromatic heterocycles. The number of aromatic nitrogens is 2. The van der Waals surface area contributed by atoms with Gasteiger partial charge < -0.3 is 10.1 Å². The molecule has 0 aliphatic carbocycles. The van der Waals surface area contributed by atoms with Gasteiger partial charge in [-0.05, 0) is 37.5 Å². The van der Waals surface area contributed by atoms with Crippen molar-refractivity contribution in [2.24, 2.45) is 0 Å². The average molecular weight is 460 g/mol. The van der Waals surface area contributed by atoms with E-state index in [1.165, 1.54) is 11.6 Å². The molecule has 1 N–H and O–H groups in total. The molecule has 2 aromatic carbocycles. The van der Waals surface area contributed by atoms with E-state index in [0.29, 0.717) is 30.2 Å². The zero-order chi connectivity index (χ0) is 22.4. The quantitative estimate of drug-likeness (QED) is 0.504.